The fraction of sp³-hybridized carbons (Fsp3) is 0.600. The minimum absolute atomic E-state index is 0.501. The molecule has 0 radical (unpaired) electrons. The number of halogens is 1. The summed E-state index contributed by atoms with van der Waals surface area (Å²) in [6, 6.07) is 4.59. The van der Waals surface area contributed by atoms with Crippen LogP contribution in [0.3, 0.4) is 0 Å². The zero-order valence-electron chi connectivity index (χ0n) is 11.7. The monoisotopic (exact) mass is 312 g/mol. The van der Waals surface area contributed by atoms with Gasteiger partial charge in [0.15, 0.2) is 0 Å². The molecule has 0 aliphatic heterocycles. The number of hydrogen-bond acceptors (Lipinski definition) is 2. The van der Waals surface area contributed by atoms with Crippen LogP contribution in [0.2, 0.25) is 0 Å². The molecule has 1 aromatic rings. The number of nitrogen functional groups attached to an aromatic ring is 1. The van der Waals surface area contributed by atoms with Crippen molar-refractivity contribution in [1.29, 1.82) is 0 Å². The average molecular weight is 313 g/mol. The summed E-state index contributed by atoms with van der Waals surface area (Å²) in [6.07, 6.45) is 6.50. The van der Waals surface area contributed by atoms with E-state index in [1.165, 1.54) is 32.1 Å². The summed E-state index contributed by atoms with van der Waals surface area (Å²) in [4.78, 5) is 0. The van der Waals surface area contributed by atoms with Gasteiger partial charge in [0.25, 0.3) is 0 Å². The summed E-state index contributed by atoms with van der Waals surface area (Å²) < 4.78 is 1.05. The van der Waals surface area contributed by atoms with E-state index in [2.05, 4.69) is 41.2 Å². The third-order valence-electron chi connectivity index (χ3n) is 3.25. The smallest absolute Gasteiger partial charge is 0.0490 e. The van der Waals surface area contributed by atoms with Crippen molar-refractivity contribution >= 4 is 27.3 Å². The van der Waals surface area contributed by atoms with Crippen LogP contribution in [0, 0.1) is 6.92 Å². The number of hydrogen-bond donors (Lipinski definition) is 2. The molecule has 1 aromatic carbocycles. The highest BCUT2D eigenvalue weighted by molar-refractivity contribution is 9.10. The number of benzene rings is 1. The van der Waals surface area contributed by atoms with Crippen LogP contribution >= 0.6 is 15.9 Å². The van der Waals surface area contributed by atoms with Gasteiger partial charge in [-0.05, 0) is 53.9 Å². The van der Waals surface area contributed by atoms with E-state index in [4.69, 9.17) is 5.73 Å². The van der Waals surface area contributed by atoms with Crippen LogP contribution in [-0.2, 0) is 0 Å². The molecule has 0 aromatic heterocycles. The zero-order valence-corrected chi connectivity index (χ0v) is 13.3. The number of rotatable bonds is 7. The summed E-state index contributed by atoms with van der Waals surface area (Å²) in [5.74, 6) is 0. The van der Waals surface area contributed by atoms with Crippen LogP contribution in [0.25, 0.3) is 0 Å². The van der Waals surface area contributed by atoms with Crippen molar-refractivity contribution in [3.8, 4) is 0 Å². The van der Waals surface area contributed by atoms with Crippen molar-refractivity contribution in [3.05, 3.63) is 22.2 Å². The molecule has 3 N–H and O–H groups in total. The lowest BCUT2D eigenvalue weighted by molar-refractivity contribution is 0.594. The molecule has 0 aliphatic carbocycles. The molecule has 102 valence electrons. The van der Waals surface area contributed by atoms with Gasteiger partial charge in [-0.25, -0.2) is 0 Å². The first kappa shape index (κ1) is 15.4. The van der Waals surface area contributed by atoms with Gasteiger partial charge < -0.3 is 11.1 Å². The highest BCUT2D eigenvalue weighted by Gasteiger charge is 2.07. The Morgan fingerprint density at radius 1 is 1.28 bits per heavy atom. The minimum Gasteiger partial charge on any atom is -0.398 e. The molecule has 3 heteroatoms. The predicted octanol–water partition coefficient (Wildman–Crippen LogP) is 5.11. The van der Waals surface area contributed by atoms with Crippen molar-refractivity contribution in [2.45, 2.75) is 58.9 Å². The van der Waals surface area contributed by atoms with Crippen LogP contribution in [0.5, 0.6) is 0 Å². The number of unbranched alkanes of at least 4 members (excludes halogenated alkanes) is 3. The summed E-state index contributed by atoms with van der Waals surface area (Å²) in [5.41, 5.74) is 8.98. The zero-order chi connectivity index (χ0) is 13.5. The van der Waals surface area contributed by atoms with Crippen molar-refractivity contribution in [1.82, 2.24) is 0 Å². The Bertz CT molecular complexity index is 377. The fourth-order valence-electron chi connectivity index (χ4n) is 2.02. The summed E-state index contributed by atoms with van der Waals surface area (Å²) >= 11 is 3.56. The highest BCUT2D eigenvalue weighted by atomic mass is 79.9. The van der Waals surface area contributed by atoms with Gasteiger partial charge in [0.1, 0.15) is 0 Å². The van der Waals surface area contributed by atoms with Crippen LogP contribution in [0.1, 0.15) is 51.5 Å². The van der Waals surface area contributed by atoms with E-state index in [1.807, 2.05) is 13.0 Å². The fourth-order valence-corrected chi connectivity index (χ4v) is 2.50. The summed E-state index contributed by atoms with van der Waals surface area (Å²) in [7, 11) is 0. The molecular weight excluding hydrogens is 288 g/mol. The van der Waals surface area contributed by atoms with Crippen molar-refractivity contribution in [2.24, 2.45) is 0 Å². The first-order valence-electron chi connectivity index (χ1n) is 6.86. The molecule has 0 saturated carbocycles. The van der Waals surface area contributed by atoms with E-state index in [9.17, 15) is 0 Å². The van der Waals surface area contributed by atoms with Gasteiger partial charge in [0.05, 0.1) is 0 Å². The van der Waals surface area contributed by atoms with Gasteiger partial charge in [-0.2, -0.15) is 0 Å². The molecule has 0 spiro atoms. The lowest BCUT2D eigenvalue weighted by Crippen LogP contribution is -2.15. The molecule has 0 amide bonds. The molecule has 0 fully saturated rings. The maximum atomic E-state index is 5.88. The molecule has 1 rings (SSSR count). The van der Waals surface area contributed by atoms with Gasteiger partial charge in [0.2, 0.25) is 0 Å². The van der Waals surface area contributed by atoms with Crippen LogP contribution < -0.4 is 11.1 Å². The number of nitrogens with one attached hydrogen (secondary N) is 1. The molecule has 1 unspecified atom stereocenters. The predicted molar refractivity (Wildman–Crippen MR) is 85.1 cm³/mol. The third kappa shape index (κ3) is 4.89. The van der Waals surface area contributed by atoms with Crippen LogP contribution in [0.4, 0.5) is 11.4 Å². The van der Waals surface area contributed by atoms with E-state index in [0.717, 1.165) is 21.4 Å². The standard InChI is InChI=1S/C15H25BrN2/c1-4-5-6-7-8-12(3)18-15-9-11(2)14(17)10-13(15)16/h9-10,12,18H,4-8,17H2,1-3H3. The van der Waals surface area contributed by atoms with E-state index in [-0.39, 0.29) is 0 Å². The number of nitrogens with two attached hydrogens (primary N) is 1. The Hall–Kier alpha value is -0.700. The van der Waals surface area contributed by atoms with E-state index in [1.54, 1.807) is 0 Å². The molecular formula is C15H25BrN2. The van der Waals surface area contributed by atoms with Crippen LogP contribution in [0.15, 0.2) is 16.6 Å². The lowest BCUT2D eigenvalue weighted by Gasteiger charge is -2.17. The second-order valence-corrected chi connectivity index (χ2v) is 5.94. The average Bonchev–Trinajstić information content (AvgIpc) is 2.32. The molecule has 1 atom stereocenters. The van der Waals surface area contributed by atoms with Gasteiger partial charge in [-0.3, -0.25) is 0 Å². The Kier molecular flexibility index (Phi) is 6.55. The van der Waals surface area contributed by atoms with Crippen molar-refractivity contribution < 1.29 is 0 Å². The van der Waals surface area contributed by atoms with Gasteiger partial charge >= 0.3 is 0 Å². The second-order valence-electron chi connectivity index (χ2n) is 5.08. The molecule has 0 bridgehead atoms. The van der Waals surface area contributed by atoms with Gasteiger partial charge in [-0.15, -0.1) is 0 Å². The molecule has 0 heterocycles. The number of anilines is 2. The molecule has 18 heavy (non-hydrogen) atoms. The first-order valence-corrected chi connectivity index (χ1v) is 7.66. The molecule has 2 nitrogen and oxygen atoms in total. The Labute approximate surface area is 119 Å². The van der Waals surface area contributed by atoms with E-state index >= 15 is 0 Å². The lowest BCUT2D eigenvalue weighted by atomic mass is 10.1. The van der Waals surface area contributed by atoms with Crippen LogP contribution in [-0.4, -0.2) is 6.04 Å². The number of aryl methyl sites for hydroxylation is 1. The van der Waals surface area contributed by atoms with Gasteiger partial charge in [0, 0.05) is 21.9 Å². The summed E-state index contributed by atoms with van der Waals surface area (Å²) in [5, 5.41) is 3.55. The second kappa shape index (κ2) is 7.67. The normalized spacial score (nSPS) is 12.4. The van der Waals surface area contributed by atoms with Crippen molar-refractivity contribution in [2.75, 3.05) is 11.1 Å². The molecule has 0 saturated heterocycles. The maximum Gasteiger partial charge on any atom is 0.0490 e. The largest absolute Gasteiger partial charge is 0.398 e. The third-order valence-corrected chi connectivity index (χ3v) is 3.90. The quantitative estimate of drug-likeness (QED) is 0.542. The maximum absolute atomic E-state index is 5.88. The topological polar surface area (TPSA) is 38.0 Å². The van der Waals surface area contributed by atoms with Crippen molar-refractivity contribution in [3.63, 3.8) is 0 Å². The highest BCUT2D eigenvalue weighted by Crippen LogP contribution is 2.28. The Morgan fingerprint density at radius 3 is 2.67 bits per heavy atom. The SMILES string of the molecule is CCCCCCC(C)Nc1cc(C)c(N)cc1Br. The Balaban J connectivity index is 2.48. The van der Waals surface area contributed by atoms with E-state index in [0.29, 0.717) is 6.04 Å². The summed E-state index contributed by atoms with van der Waals surface area (Å²) in [6.45, 7) is 6.53. The molecule has 0 aliphatic rings. The first-order chi connectivity index (χ1) is 8.54. The Morgan fingerprint density at radius 2 is 2.00 bits per heavy atom. The van der Waals surface area contributed by atoms with E-state index < -0.39 is 0 Å². The van der Waals surface area contributed by atoms with Gasteiger partial charge in [-0.1, -0.05) is 32.6 Å². The minimum atomic E-state index is 0.501.